The van der Waals surface area contributed by atoms with Crippen LogP contribution in [0.1, 0.15) is 26.3 Å². The monoisotopic (exact) mass is 421 g/mol. The Hall–Kier alpha value is -4.38. The van der Waals surface area contributed by atoms with Gasteiger partial charge in [0.15, 0.2) is 0 Å². The number of nitrogens with one attached hydrogen (secondary N) is 3. The molecule has 0 fully saturated rings. The molecular formula is C27H23N3O2. The van der Waals surface area contributed by atoms with Crippen molar-refractivity contribution in [3.63, 3.8) is 0 Å². The molecule has 0 saturated heterocycles. The van der Waals surface area contributed by atoms with Gasteiger partial charge in [0.25, 0.3) is 11.8 Å². The molecule has 0 aromatic heterocycles. The van der Waals surface area contributed by atoms with Crippen LogP contribution in [0.3, 0.4) is 0 Å². The Labute approximate surface area is 187 Å². The van der Waals surface area contributed by atoms with Gasteiger partial charge in [-0.15, -0.1) is 0 Å². The molecule has 4 aromatic carbocycles. The van der Waals surface area contributed by atoms with Crippen LogP contribution in [-0.4, -0.2) is 11.8 Å². The summed E-state index contributed by atoms with van der Waals surface area (Å²) in [6.07, 6.45) is 0. The van der Waals surface area contributed by atoms with Crippen molar-refractivity contribution in [3.8, 4) is 0 Å². The summed E-state index contributed by atoms with van der Waals surface area (Å²) < 4.78 is 0. The van der Waals surface area contributed by atoms with Crippen LogP contribution in [0, 0.1) is 6.92 Å². The van der Waals surface area contributed by atoms with Crippen molar-refractivity contribution in [2.45, 2.75) is 6.92 Å². The van der Waals surface area contributed by atoms with Gasteiger partial charge in [-0.25, -0.2) is 0 Å². The second-order valence-electron chi connectivity index (χ2n) is 7.37. The molecule has 3 N–H and O–H groups in total. The highest BCUT2D eigenvalue weighted by Crippen LogP contribution is 2.21. The predicted molar refractivity (Wildman–Crippen MR) is 130 cm³/mol. The van der Waals surface area contributed by atoms with Crippen LogP contribution in [-0.2, 0) is 0 Å². The van der Waals surface area contributed by atoms with Gasteiger partial charge in [-0.1, -0.05) is 42.5 Å². The summed E-state index contributed by atoms with van der Waals surface area (Å²) >= 11 is 0. The van der Waals surface area contributed by atoms with Crippen LogP contribution in [0.4, 0.5) is 22.7 Å². The van der Waals surface area contributed by atoms with Gasteiger partial charge in [0, 0.05) is 33.9 Å². The summed E-state index contributed by atoms with van der Waals surface area (Å²) in [5.74, 6) is -0.461. The second kappa shape index (κ2) is 9.62. The fraction of sp³-hybridized carbons (Fsp3) is 0.0370. The Morgan fingerprint density at radius 2 is 1.12 bits per heavy atom. The number of carbonyl (C=O) groups excluding carboxylic acids is 2. The minimum Gasteiger partial charge on any atom is -0.356 e. The van der Waals surface area contributed by atoms with Crippen LogP contribution in [0.25, 0.3) is 0 Å². The summed E-state index contributed by atoms with van der Waals surface area (Å²) in [7, 11) is 0. The molecule has 0 heterocycles. The number of rotatable bonds is 6. The van der Waals surface area contributed by atoms with E-state index >= 15 is 0 Å². The molecule has 0 aliphatic heterocycles. The molecule has 0 spiro atoms. The molecule has 0 radical (unpaired) electrons. The van der Waals surface area contributed by atoms with E-state index in [1.165, 1.54) is 0 Å². The summed E-state index contributed by atoms with van der Waals surface area (Å²) in [4.78, 5) is 25.3. The minimum absolute atomic E-state index is 0.215. The molecule has 0 aliphatic carbocycles. The highest BCUT2D eigenvalue weighted by Gasteiger charge is 2.12. The van der Waals surface area contributed by atoms with E-state index in [9.17, 15) is 9.59 Å². The molecule has 158 valence electrons. The average Bonchev–Trinajstić information content (AvgIpc) is 2.83. The first-order valence-electron chi connectivity index (χ1n) is 10.3. The Bertz CT molecular complexity index is 1220. The van der Waals surface area contributed by atoms with Gasteiger partial charge < -0.3 is 16.0 Å². The van der Waals surface area contributed by atoms with Crippen LogP contribution >= 0.6 is 0 Å². The third-order valence-electron chi connectivity index (χ3n) is 4.99. The van der Waals surface area contributed by atoms with Crippen molar-refractivity contribution >= 4 is 34.6 Å². The highest BCUT2D eigenvalue weighted by atomic mass is 16.2. The van der Waals surface area contributed by atoms with Crippen molar-refractivity contribution < 1.29 is 9.59 Å². The van der Waals surface area contributed by atoms with Crippen LogP contribution in [0.5, 0.6) is 0 Å². The number of anilines is 4. The largest absolute Gasteiger partial charge is 0.356 e. The number of aryl methyl sites for hydroxylation is 1. The van der Waals surface area contributed by atoms with E-state index in [2.05, 4.69) is 16.0 Å². The van der Waals surface area contributed by atoms with Crippen LogP contribution in [0.2, 0.25) is 0 Å². The number of hydrogen-bond acceptors (Lipinski definition) is 3. The maximum absolute atomic E-state index is 12.8. The Morgan fingerprint density at radius 1 is 0.562 bits per heavy atom. The third-order valence-corrected chi connectivity index (χ3v) is 4.99. The number of carbonyl (C=O) groups is 2. The predicted octanol–water partition coefficient (Wildman–Crippen LogP) is 6.24. The fourth-order valence-electron chi connectivity index (χ4n) is 3.21. The molecule has 5 nitrogen and oxygen atoms in total. The SMILES string of the molecule is Cc1ccc(C(=O)Nc2ccc(Nc3ccccc3)cc2)cc1NC(=O)c1ccccc1. The van der Waals surface area contributed by atoms with E-state index in [1.807, 2.05) is 85.8 Å². The first-order chi connectivity index (χ1) is 15.6. The average molecular weight is 422 g/mol. The molecule has 0 aliphatic rings. The molecular weight excluding hydrogens is 398 g/mol. The molecule has 0 unspecified atom stereocenters. The van der Waals surface area contributed by atoms with Crippen molar-refractivity contribution in [2.24, 2.45) is 0 Å². The number of amides is 2. The smallest absolute Gasteiger partial charge is 0.255 e. The van der Waals surface area contributed by atoms with Gasteiger partial charge in [-0.2, -0.15) is 0 Å². The maximum Gasteiger partial charge on any atom is 0.255 e. The topological polar surface area (TPSA) is 70.2 Å². The van der Waals surface area contributed by atoms with E-state index in [-0.39, 0.29) is 11.8 Å². The zero-order chi connectivity index (χ0) is 22.3. The Balaban J connectivity index is 1.43. The fourth-order valence-corrected chi connectivity index (χ4v) is 3.21. The van der Waals surface area contributed by atoms with Crippen LogP contribution in [0.15, 0.2) is 103 Å². The lowest BCUT2D eigenvalue weighted by Gasteiger charge is -2.12. The molecule has 0 atom stereocenters. The second-order valence-corrected chi connectivity index (χ2v) is 7.37. The lowest BCUT2D eigenvalue weighted by Crippen LogP contribution is -2.15. The normalized spacial score (nSPS) is 10.3. The van der Waals surface area contributed by atoms with Gasteiger partial charge >= 0.3 is 0 Å². The van der Waals surface area contributed by atoms with E-state index in [0.717, 1.165) is 16.9 Å². The molecule has 0 bridgehead atoms. The minimum atomic E-state index is -0.246. The van der Waals surface area contributed by atoms with E-state index in [1.54, 1.807) is 24.3 Å². The molecule has 5 heteroatoms. The van der Waals surface area contributed by atoms with Gasteiger partial charge in [-0.05, 0) is 73.2 Å². The molecule has 4 aromatic rings. The highest BCUT2D eigenvalue weighted by molar-refractivity contribution is 6.07. The first kappa shape index (κ1) is 20.9. The summed E-state index contributed by atoms with van der Waals surface area (Å²) in [6, 6.07) is 31.6. The first-order valence-corrected chi connectivity index (χ1v) is 10.3. The van der Waals surface area contributed by atoms with E-state index in [0.29, 0.717) is 22.5 Å². The van der Waals surface area contributed by atoms with E-state index < -0.39 is 0 Å². The third kappa shape index (κ3) is 5.21. The van der Waals surface area contributed by atoms with Gasteiger partial charge in [-0.3, -0.25) is 9.59 Å². The number of para-hydroxylation sites is 1. The zero-order valence-electron chi connectivity index (χ0n) is 17.6. The molecule has 0 saturated carbocycles. The lowest BCUT2D eigenvalue weighted by molar-refractivity contribution is 0.101. The van der Waals surface area contributed by atoms with Gasteiger partial charge in [0.05, 0.1) is 0 Å². The molecule has 2 amide bonds. The summed E-state index contributed by atoms with van der Waals surface area (Å²) in [5.41, 5.74) is 5.11. The van der Waals surface area contributed by atoms with Crippen molar-refractivity contribution in [3.05, 3.63) is 120 Å². The lowest BCUT2D eigenvalue weighted by atomic mass is 10.1. The molecule has 4 rings (SSSR count). The van der Waals surface area contributed by atoms with Crippen LogP contribution < -0.4 is 16.0 Å². The van der Waals surface area contributed by atoms with Crippen molar-refractivity contribution in [1.29, 1.82) is 0 Å². The van der Waals surface area contributed by atoms with Gasteiger partial charge in [0.1, 0.15) is 0 Å². The standard InChI is InChI=1S/C27H23N3O2/c1-19-12-13-21(18-25(19)30-26(31)20-8-4-2-5-9-20)27(32)29-24-16-14-23(15-17-24)28-22-10-6-3-7-11-22/h2-18,28H,1H3,(H,29,32)(H,30,31). The zero-order valence-corrected chi connectivity index (χ0v) is 17.6. The van der Waals surface area contributed by atoms with Gasteiger partial charge in [0.2, 0.25) is 0 Å². The number of hydrogen-bond donors (Lipinski definition) is 3. The van der Waals surface area contributed by atoms with E-state index in [4.69, 9.17) is 0 Å². The summed E-state index contributed by atoms with van der Waals surface area (Å²) in [6.45, 7) is 1.89. The molecule has 32 heavy (non-hydrogen) atoms. The quantitative estimate of drug-likeness (QED) is 0.345. The Kier molecular flexibility index (Phi) is 6.28. The summed E-state index contributed by atoms with van der Waals surface area (Å²) in [5, 5.41) is 9.10. The Morgan fingerprint density at radius 3 is 1.81 bits per heavy atom. The van der Waals surface area contributed by atoms with Crippen molar-refractivity contribution in [2.75, 3.05) is 16.0 Å². The maximum atomic E-state index is 12.8. The van der Waals surface area contributed by atoms with Crippen molar-refractivity contribution in [1.82, 2.24) is 0 Å². The number of benzene rings is 4.